The lowest BCUT2D eigenvalue weighted by atomic mass is 10.1. The van der Waals surface area contributed by atoms with Crippen LogP contribution in [-0.4, -0.2) is 49.8 Å². The fraction of sp³-hybridized carbons (Fsp3) is 0.435. The number of alkyl halides is 3. The molecule has 1 fully saturated rings. The van der Waals surface area contributed by atoms with Crippen LogP contribution in [0.15, 0.2) is 59.6 Å². The number of halogens is 4. The van der Waals surface area contributed by atoms with E-state index < -0.39 is 12.7 Å². The zero-order chi connectivity index (χ0) is 22.1. The number of likely N-dealkylation sites (tertiary alicyclic amines) is 1. The first kappa shape index (κ1) is 26.4. The number of aliphatic imine (C=N–C) groups is 1. The summed E-state index contributed by atoms with van der Waals surface area (Å²) < 4.78 is 43.4. The molecule has 2 N–H and O–H groups in total. The number of hydrogen-bond acceptors (Lipinski definition) is 3. The maximum absolute atomic E-state index is 12.5. The molecule has 3 rings (SSSR count). The summed E-state index contributed by atoms with van der Waals surface area (Å²) in [5.74, 6) is 0.592. The van der Waals surface area contributed by atoms with Crippen molar-refractivity contribution in [3.05, 3.63) is 71.3 Å². The normalized spacial score (nSPS) is 17.1. The highest BCUT2D eigenvalue weighted by atomic mass is 127. The van der Waals surface area contributed by atoms with E-state index in [1.165, 1.54) is 4.90 Å². The van der Waals surface area contributed by atoms with Crippen LogP contribution < -0.4 is 10.6 Å². The summed E-state index contributed by atoms with van der Waals surface area (Å²) in [5.41, 5.74) is 3.32. The fourth-order valence-corrected chi connectivity index (χ4v) is 3.54. The van der Waals surface area contributed by atoms with E-state index in [1.807, 2.05) is 54.6 Å². The highest BCUT2D eigenvalue weighted by Crippen LogP contribution is 2.20. The van der Waals surface area contributed by atoms with E-state index >= 15 is 0 Å². The average molecular weight is 562 g/mol. The Morgan fingerprint density at radius 1 is 1.03 bits per heavy atom. The third-order valence-corrected chi connectivity index (χ3v) is 5.10. The molecule has 0 amide bonds. The van der Waals surface area contributed by atoms with Crippen molar-refractivity contribution in [2.24, 2.45) is 4.99 Å². The first-order valence-electron chi connectivity index (χ1n) is 10.4. The fourth-order valence-electron chi connectivity index (χ4n) is 3.54. The zero-order valence-corrected chi connectivity index (χ0v) is 20.4. The lowest BCUT2D eigenvalue weighted by Crippen LogP contribution is -2.44. The summed E-state index contributed by atoms with van der Waals surface area (Å²) in [4.78, 5) is 5.61. The molecule has 2 aromatic carbocycles. The number of nitrogens with one attached hydrogen (secondary N) is 2. The molecular weight excluding hydrogens is 532 g/mol. The van der Waals surface area contributed by atoms with Crippen LogP contribution in [0.25, 0.3) is 0 Å². The SMILES string of the molecule is CN=C(NCc1ccc(COCc2ccccc2)cc1)NC1CCN(CC(F)(F)F)C1.I. The number of rotatable bonds is 8. The molecule has 176 valence electrons. The highest BCUT2D eigenvalue weighted by molar-refractivity contribution is 14.0. The third kappa shape index (κ3) is 9.33. The van der Waals surface area contributed by atoms with Crippen LogP contribution in [-0.2, 0) is 24.5 Å². The number of nitrogens with zero attached hydrogens (tertiary/aromatic N) is 2. The lowest BCUT2D eigenvalue weighted by molar-refractivity contribution is -0.143. The molecule has 1 aliphatic rings. The van der Waals surface area contributed by atoms with Gasteiger partial charge in [-0.2, -0.15) is 13.2 Å². The molecule has 1 heterocycles. The summed E-state index contributed by atoms with van der Waals surface area (Å²) in [6.07, 6.45) is -3.50. The van der Waals surface area contributed by atoms with Crippen LogP contribution in [0.4, 0.5) is 13.2 Å². The van der Waals surface area contributed by atoms with Gasteiger partial charge < -0.3 is 15.4 Å². The summed E-state index contributed by atoms with van der Waals surface area (Å²) in [7, 11) is 1.66. The molecule has 1 atom stereocenters. The number of hydrogen-bond donors (Lipinski definition) is 2. The van der Waals surface area contributed by atoms with Crippen molar-refractivity contribution in [3.63, 3.8) is 0 Å². The van der Waals surface area contributed by atoms with Crippen LogP contribution in [0.1, 0.15) is 23.1 Å². The van der Waals surface area contributed by atoms with E-state index in [4.69, 9.17) is 4.74 Å². The minimum atomic E-state index is -4.16. The molecular formula is C23H30F3IN4O. The summed E-state index contributed by atoms with van der Waals surface area (Å²) in [5, 5.41) is 6.44. The zero-order valence-electron chi connectivity index (χ0n) is 18.1. The molecule has 0 spiro atoms. The highest BCUT2D eigenvalue weighted by Gasteiger charge is 2.34. The van der Waals surface area contributed by atoms with Gasteiger partial charge in [-0.15, -0.1) is 24.0 Å². The molecule has 2 aromatic rings. The number of ether oxygens (including phenoxy) is 1. The monoisotopic (exact) mass is 562 g/mol. The van der Waals surface area contributed by atoms with Gasteiger partial charge in [-0.3, -0.25) is 9.89 Å². The largest absolute Gasteiger partial charge is 0.401 e. The van der Waals surface area contributed by atoms with E-state index in [1.54, 1.807) is 7.05 Å². The van der Waals surface area contributed by atoms with Crippen LogP contribution >= 0.6 is 24.0 Å². The van der Waals surface area contributed by atoms with Crippen molar-refractivity contribution in [1.82, 2.24) is 15.5 Å². The quantitative estimate of drug-likeness (QED) is 0.286. The second-order valence-corrected chi connectivity index (χ2v) is 7.70. The predicted molar refractivity (Wildman–Crippen MR) is 131 cm³/mol. The molecule has 0 radical (unpaired) electrons. The molecule has 9 heteroatoms. The third-order valence-electron chi connectivity index (χ3n) is 5.10. The van der Waals surface area contributed by atoms with Gasteiger partial charge >= 0.3 is 6.18 Å². The van der Waals surface area contributed by atoms with Crippen LogP contribution in [0, 0.1) is 0 Å². The topological polar surface area (TPSA) is 48.9 Å². The van der Waals surface area contributed by atoms with Crippen molar-refractivity contribution < 1.29 is 17.9 Å². The van der Waals surface area contributed by atoms with E-state index in [2.05, 4.69) is 15.6 Å². The average Bonchev–Trinajstić information content (AvgIpc) is 3.18. The molecule has 1 unspecified atom stereocenters. The maximum atomic E-state index is 12.5. The van der Waals surface area contributed by atoms with Crippen molar-refractivity contribution >= 4 is 29.9 Å². The van der Waals surface area contributed by atoms with Gasteiger partial charge in [-0.05, 0) is 23.1 Å². The van der Waals surface area contributed by atoms with Crippen molar-refractivity contribution in [2.75, 3.05) is 26.7 Å². The Morgan fingerprint density at radius 2 is 1.66 bits per heavy atom. The molecule has 0 aromatic heterocycles. The Balaban J connectivity index is 0.00000363. The van der Waals surface area contributed by atoms with Crippen molar-refractivity contribution in [3.8, 4) is 0 Å². The summed E-state index contributed by atoms with van der Waals surface area (Å²) >= 11 is 0. The molecule has 5 nitrogen and oxygen atoms in total. The smallest absolute Gasteiger partial charge is 0.372 e. The van der Waals surface area contributed by atoms with Gasteiger partial charge in [0.1, 0.15) is 0 Å². The summed E-state index contributed by atoms with van der Waals surface area (Å²) in [6.45, 7) is 1.62. The van der Waals surface area contributed by atoms with Gasteiger partial charge in [0.25, 0.3) is 0 Å². The van der Waals surface area contributed by atoms with E-state index in [0.29, 0.717) is 45.2 Å². The first-order valence-corrected chi connectivity index (χ1v) is 10.4. The Hall–Kier alpha value is -1.85. The second kappa shape index (κ2) is 13.0. The van der Waals surface area contributed by atoms with Crippen LogP contribution in [0.5, 0.6) is 0 Å². The molecule has 32 heavy (non-hydrogen) atoms. The predicted octanol–water partition coefficient (Wildman–Crippen LogP) is 4.32. The molecule has 1 saturated heterocycles. The standard InChI is InChI=1S/C23H29F3N4O.HI/c1-27-22(29-21-11-12-30(14-21)17-23(24,25)26)28-13-18-7-9-20(10-8-18)16-31-15-19-5-3-2-4-6-19;/h2-10,21H,11-17H2,1H3,(H2,27,28,29);1H. The van der Waals surface area contributed by atoms with Gasteiger partial charge in [0.15, 0.2) is 5.96 Å². The minimum absolute atomic E-state index is 0. The van der Waals surface area contributed by atoms with Gasteiger partial charge in [0, 0.05) is 32.7 Å². The van der Waals surface area contributed by atoms with E-state index in [-0.39, 0.29) is 30.0 Å². The lowest BCUT2D eigenvalue weighted by Gasteiger charge is -2.20. The molecule has 0 bridgehead atoms. The van der Waals surface area contributed by atoms with Crippen LogP contribution in [0.2, 0.25) is 0 Å². The van der Waals surface area contributed by atoms with Gasteiger partial charge in [-0.25, -0.2) is 0 Å². The van der Waals surface area contributed by atoms with E-state index in [9.17, 15) is 13.2 Å². The van der Waals surface area contributed by atoms with Gasteiger partial charge in [0.05, 0.1) is 19.8 Å². The maximum Gasteiger partial charge on any atom is 0.401 e. The second-order valence-electron chi connectivity index (χ2n) is 7.70. The number of guanidine groups is 1. The molecule has 0 aliphatic carbocycles. The Bertz CT molecular complexity index is 831. The summed E-state index contributed by atoms with van der Waals surface area (Å²) in [6, 6.07) is 18.1. The minimum Gasteiger partial charge on any atom is -0.372 e. The van der Waals surface area contributed by atoms with Crippen LogP contribution in [0.3, 0.4) is 0 Å². The van der Waals surface area contributed by atoms with Gasteiger partial charge in [0.2, 0.25) is 0 Å². The van der Waals surface area contributed by atoms with E-state index in [0.717, 1.165) is 16.7 Å². The Kier molecular flexibility index (Phi) is 10.7. The van der Waals surface area contributed by atoms with Gasteiger partial charge in [-0.1, -0.05) is 54.6 Å². The van der Waals surface area contributed by atoms with Crippen molar-refractivity contribution in [2.45, 2.75) is 38.4 Å². The Morgan fingerprint density at radius 3 is 2.28 bits per heavy atom. The van der Waals surface area contributed by atoms with Crippen molar-refractivity contribution in [1.29, 1.82) is 0 Å². The Labute approximate surface area is 204 Å². The molecule has 0 saturated carbocycles. The first-order chi connectivity index (χ1) is 14.9. The number of benzene rings is 2. The molecule has 1 aliphatic heterocycles.